The summed E-state index contributed by atoms with van der Waals surface area (Å²) in [7, 11) is 1.89. The van der Waals surface area contributed by atoms with Gasteiger partial charge in [-0.15, -0.1) is 0 Å². The summed E-state index contributed by atoms with van der Waals surface area (Å²) >= 11 is 0. The van der Waals surface area contributed by atoms with Crippen molar-refractivity contribution in [3.8, 4) is 0 Å². The molecule has 0 aliphatic carbocycles. The van der Waals surface area contributed by atoms with Gasteiger partial charge in [-0.25, -0.2) is 9.97 Å². The number of morpholine rings is 1. The quantitative estimate of drug-likeness (QED) is 0.881. The topological polar surface area (TPSA) is 50.3 Å². The van der Waals surface area contributed by atoms with Crippen LogP contribution in [0.4, 0.5) is 11.6 Å². The highest BCUT2D eigenvalue weighted by Crippen LogP contribution is 2.19. The fourth-order valence-electron chi connectivity index (χ4n) is 2.14. The minimum atomic E-state index is 0.265. The molecular weight excluding hydrogens is 228 g/mol. The summed E-state index contributed by atoms with van der Waals surface area (Å²) in [6.45, 7) is 6.80. The molecule has 2 heterocycles. The first-order valence-electron chi connectivity index (χ1n) is 6.65. The van der Waals surface area contributed by atoms with E-state index in [1.54, 1.807) is 0 Å². The smallest absolute Gasteiger partial charge is 0.134 e. The molecule has 0 radical (unpaired) electrons. The van der Waals surface area contributed by atoms with Crippen molar-refractivity contribution in [3.63, 3.8) is 0 Å². The van der Waals surface area contributed by atoms with Gasteiger partial charge in [0.25, 0.3) is 0 Å². The predicted molar refractivity (Wildman–Crippen MR) is 73.2 cm³/mol. The molecular formula is C13H22N4O. The number of aryl methyl sites for hydroxylation is 1. The van der Waals surface area contributed by atoms with E-state index in [-0.39, 0.29) is 6.10 Å². The highest BCUT2D eigenvalue weighted by atomic mass is 16.5. The Morgan fingerprint density at radius 2 is 2.33 bits per heavy atom. The highest BCUT2D eigenvalue weighted by molar-refractivity contribution is 5.49. The van der Waals surface area contributed by atoms with Crippen molar-refractivity contribution >= 4 is 11.6 Å². The molecule has 1 aliphatic rings. The van der Waals surface area contributed by atoms with Crippen molar-refractivity contribution in [2.75, 3.05) is 37.0 Å². The van der Waals surface area contributed by atoms with Crippen LogP contribution in [0.2, 0.25) is 0 Å². The zero-order chi connectivity index (χ0) is 13.0. The minimum Gasteiger partial charge on any atom is -0.375 e. The summed E-state index contributed by atoms with van der Waals surface area (Å²) in [6, 6.07) is 2.01. The number of anilines is 2. The summed E-state index contributed by atoms with van der Waals surface area (Å²) in [5, 5.41) is 3.11. The molecule has 1 atom stereocenters. The lowest BCUT2D eigenvalue weighted by Crippen LogP contribution is -2.41. The number of aromatic nitrogens is 2. The highest BCUT2D eigenvalue weighted by Gasteiger charge is 2.19. The summed E-state index contributed by atoms with van der Waals surface area (Å²) in [6.07, 6.45) is 2.25. The number of rotatable bonds is 4. The summed E-state index contributed by atoms with van der Waals surface area (Å²) in [5.41, 5.74) is 0. The summed E-state index contributed by atoms with van der Waals surface area (Å²) < 4.78 is 5.56. The molecule has 1 fully saturated rings. The first-order chi connectivity index (χ1) is 8.72. The molecule has 1 N–H and O–H groups in total. The Labute approximate surface area is 109 Å². The fourth-order valence-corrected chi connectivity index (χ4v) is 2.14. The first-order valence-corrected chi connectivity index (χ1v) is 6.65. The average Bonchev–Trinajstić information content (AvgIpc) is 2.39. The molecule has 1 aromatic heterocycles. The molecule has 100 valence electrons. The minimum absolute atomic E-state index is 0.265. The van der Waals surface area contributed by atoms with E-state index < -0.39 is 0 Å². The second kappa shape index (κ2) is 6.00. The van der Waals surface area contributed by atoms with Crippen LogP contribution in [0.3, 0.4) is 0 Å². The van der Waals surface area contributed by atoms with Crippen LogP contribution in [0.25, 0.3) is 0 Å². The molecule has 0 saturated carbocycles. The van der Waals surface area contributed by atoms with E-state index in [9.17, 15) is 0 Å². The first kappa shape index (κ1) is 13.1. The number of hydrogen-bond acceptors (Lipinski definition) is 5. The third-order valence-electron chi connectivity index (χ3n) is 3.05. The number of nitrogens with one attached hydrogen (secondary N) is 1. The van der Waals surface area contributed by atoms with Gasteiger partial charge in [0.05, 0.1) is 12.7 Å². The second-order valence-electron chi connectivity index (χ2n) is 4.66. The molecule has 0 bridgehead atoms. The maximum Gasteiger partial charge on any atom is 0.134 e. The van der Waals surface area contributed by atoms with E-state index in [2.05, 4.69) is 34.0 Å². The summed E-state index contributed by atoms with van der Waals surface area (Å²) in [5.74, 6) is 2.81. The van der Waals surface area contributed by atoms with E-state index >= 15 is 0 Å². The van der Waals surface area contributed by atoms with Crippen LogP contribution in [0.15, 0.2) is 6.07 Å². The second-order valence-corrected chi connectivity index (χ2v) is 4.66. The van der Waals surface area contributed by atoms with E-state index in [0.717, 1.165) is 50.0 Å². The Bertz CT molecular complexity index is 397. The molecule has 1 aliphatic heterocycles. The number of hydrogen-bond donors (Lipinski definition) is 1. The van der Waals surface area contributed by atoms with Crippen LogP contribution in [0.1, 0.15) is 26.1 Å². The van der Waals surface area contributed by atoms with Gasteiger partial charge in [0, 0.05) is 32.6 Å². The van der Waals surface area contributed by atoms with Crippen LogP contribution in [-0.2, 0) is 11.2 Å². The van der Waals surface area contributed by atoms with Crippen molar-refractivity contribution in [1.29, 1.82) is 0 Å². The molecule has 0 amide bonds. The Balaban J connectivity index is 2.22. The SMILES string of the molecule is CCCc1nc(NC)cc(N2CCOC(C)C2)n1. The molecule has 5 nitrogen and oxygen atoms in total. The van der Waals surface area contributed by atoms with Crippen molar-refractivity contribution < 1.29 is 4.74 Å². The molecule has 2 rings (SSSR count). The molecule has 1 unspecified atom stereocenters. The van der Waals surface area contributed by atoms with Gasteiger partial charge in [-0.1, -0.05) is 6.92 Å². The zero-order valence-electron chi connectivity index (χ0n) is 11.4. The van der Waals surface area contributed by atoms with Gasteiger partial charge in [-0.05, 0) is 13.3 Å². The monoisotopic (exact) mass is 250 g/mol. The van der Waals surface area contributed by atoms with Crippen molar-refractivity contribution in [3.05, 3.63) is 11.9 Å². The van der Waals surface area contributed by atoms with Crippen LogP contribution in [0, 0.1) is 0 Å². The van der Waals surface area contributed by atoms with Crippen LogP contribution in [-0.4, -0.2) is 42.8 Å². The molecule has 1 aromatic rings. The molecule has 18 heavy (non-hydrogen) atoms. The fraction of sp³-hybridized carbons (Fsp3) is 0.692. The third-order valence-corrected chi connectivity index (χ3v) is 3.05. The van der Waals surface area contributed by atoms with Gasteiger partial charge >= 0.3 is 0 Å². The largest absolute Gasteiger partial charge is 0.375 e. The van der Waals surface area contributed by atoms with E-state index in [0.29, 0.717) is 0 Å². The molecule has 5 heteroatoms. The molecule has 0 spiro atoms. The van der Waals surface area contributed by atoms with Gasteiger partial charge < -0.3 is 15.0 Å². The standard InChI is InChI=1S/C13H22N4O/c1-4-5-11-15-12(14-3)8-13(16-11)17-6-7-18-10(2)9-17/h8,10H,4-7,9H2,1-3H3,(H,14,15,16). The zero-order valence-corrected chi connectivity index (χ0v) is 11.4. The third kappa shape index (κ3) is 3.10. The predicted octanol–water partition coefficient (Wildman–Crippen LogP) is 1.70. The van der Waals surface area contributed by atoms with E-state index in [4.69, 9.17) is 4.74 Å². The van der Waals surface area contributed by atoms with E-state index in [1.165, 1.54) is 0 Å². The number of nitrogens with zero attached hydrogens (tertiary/aromatic N) is 3. The van der Waals surface area contributed by atoms with Gasteiger partial charge in [-0.3, -0.25) is 0 Å². The van der Waals surface area contributed by atoms with E-state index in [1.807, 2.05) is 13.1 Å². The van der Waals surface area contributed by atoms with Crippen LogP contribution >= 0.6 is 0 Å². The normalized spacial score (nSPS) is 19.9. The van der Waals surface area contributed by atoms with Gasteiger partial charge in [0.15, 0.2) is 0 Å². The van der Waals surface area contributed by atoms with Gasteiger partial charge in [0.2, 0.25) is 0 Å². The molecule has 1 saturated heterocycles. The lowest BCUT2D eigenvalue weighted by Gasteiger charge is -2.32. The summed E-state index contributed by atoms with van der Waals surface area (Å²) in [4.78, 5) is 11.4. The van der Waals surface area contributed by atoms with Crippen molar-refractivity contribution in [1.82, 2.24) is 9.97 Å². The van der Waals surface area contributed by atoms with Gasteiger partial charge in [0.1, 0.15) is 17.5 Å². The Kier molecular flexibility index (Phi) is 4.36. The van der Waals surface area contributed by atoms with Gasteiger partial charge in [-0.2, -0.15) is 0 Å². The lowest BCUT2D eigenvalue weighted by atomic mass is 10.3. The Hall–Kier alpha value is -1.36. The Morgan fingerprint density at radius 3 is 3.00 bits per heavy atom. The van der Waals surface area contributed by atoms with Crippen molar-refractivity contribution in [2.45, 2.75) is 32.8 Å². The van der Waals surface area contributed by atoms with Crippen LogP contribution < -0.4 is 10.2 Å². The molecule has 0 aromatic carbocycles. The Morgan fingerprint density at radius 1 is 1.50 bits per heavy atom. The van der Waals surface area contributed by atoms with Crippen molar-refractivity contribution in [2.24, 2.45) is 0 Å². The number of ether oxygens (including phenoxy) is 1. The maximum atomic E-state index is 5.56. The average molecular weight is 250 g/mol. The lowest BCUT2D eigenvalue weighted by molar-refractivity contribution is 0.0529. The van der Waals surface area contributed by atoms with Crippen LogP contribution in [0.5, 0.6) is 0 Å². The maximum absolute atomic E-state index is 5.56.